The van der Waals surface area contributed by atoms with Gasteiger partial charge in [-0.3, -0.25) is 9.59 Å². The maximum atomic E-state index is 12.6. The van der Waals surface area contributed by atoms with Crippen molar-refractivity contribution in [1.29, 1.82) is 0 Å². The number of carbonyl (C=O) groups excluding carboxylic acids is 6. The average Bonchev–Trinajstić information content (AvgIpc) is 3.41. The third-order valence-electron chi connectivity index (χ3n) is 11.9. The van der Waals surface area contributed by atoms with Crippen molar-refractivity contribution in [2.75, 3.05) is 46.8 Å². The Morgan fingerprint density at radius 3 is 1.18 bits per heavy atom. The first-order chi connectivity index (χ1) is 36.7. The van der Waals surface area contributed by atoms with Gasteiger partial charge in [-0.05, 0) is 156 Å². The number of fused-ring (bicyclic) bond motifs is 1. The fourth-order valence-electron chi connectivity index (χ4n) is 7.46. The third-order valence-corrected chi connectivity index (χ3v) is 11.9. The minimum absolute atomic E-state index is 0.161. The van der Waals surface area contributed by atoms with Crippen LogP contribution in [0.2, 0.25) is 0 Å². The average molecular weight is 1050 g/mol. The van der Waals surface area contributed by atoms with Gasteiger partial charge in [-0.1, -0.05) is 94.4 Å². The number of benzene rings is 4. The normalized spacial score (nSPS) is 10.6. The van der Waals surface area contributed by atoms with Crippen LogP contribution in [0.15, 0.2) is 109 Å². The lowest BCUT2D eigenvalue weighted by Crippen LogP contribution is -2.08. The first-order valence-electron chi connectivity index (χ1n) is 27.0. The maximum Gasteiger partial charge on any atom is 0.343 e. The van der Waals surface area contributed by atoms with Crippen LogP contribution in [0.1, 0.15) is 169 Å². The summed E-state index contributed by atoms with van der Waals surface area (Å²) < 4.78 is 42.3. The summed E-state index contributed by atoms with van der Waals surface area (Å²) in [5.74, 6) is 0.172. The zero-order valence-corrected chi connectivity index (χ0v) is 45.6. The van der Waals surface area contributed by atoms with E-state index in [1.165, 1.54) is 12.7 Å². The van der Waals surface area contributed by atoms with Crippen LogP contribution in [0, 0.1) is 6.92 Å². The molecule has 0 heterocycles. The Balaban J connectivity index is 0.000000416. The Hall–Kier alpha value is -6.96. The lowest BCUT2D eigenvalue weighted by molar-refractivity contribution is -0.144. The Morgan fingerprint density at radius 2 is 0.750 bits per heavy atom. The van der Waals surface area contributed by atoms with E-state index in [4.69, 9.17) is 33.2 Å². The molecule has 4 aromatic rings. The van der Waals surface area contributed by atoms with Gasteiger partial charge in [0.1, 0.15) is 17.2 Å². The first kappa shape index (κ1) is 63.3. The second-order valence-electron chi connectivity index (χ2n) is 18.8. The van der Waals surface area contributed by atoms with E-state index in [-0.39, 0.29) is 29.8 Å². The summed E-state index contributed by atoms with van der Waals surface area (Å²) in [6.45, 7) is 15.3. The number of esters is 6. The Morgan fingerprint density at radius 1 is 0.395 bits per heavy atom. The molecule has 0 aromatic heterocycles. The summed E-state index contributed by atoms with van der Waals surface area (Å²) in [6.07, 6.45) is 17.7. The quantitative estimate of drug-likeness (QED) is 0.0137. The van der Waals surface area contributed by atoms with Crippen molar-refractivity contribution in [2.24, 2.45) is 0 Å². The molecule has 0 aliphatic carbocycles. The van der Waals surface area contributed by atoms with Crippen molar-refractivity contribution in [3.8, 4) is 17.2 Å². The van der Waals surface area contributed by atoms with Crippen LogP contribution >= 0.6 is 0 Å². The molecule has 0 spiro atoms. The van der Waals surface area contributed by atoms with Gasteiger partial charge in [-0.15, -0.1) is 0 Å². The van der Waals surface area contributed by atoms with Gasteiger partial charge in [0.2, 0.25) is 0 Å². The second-order valence-corrected chi connectivity index (χ2v) is 18.8. The molecule has 76 heavy (non-hydrogen) atoms. The number of hydrogen-bond donors (Lipinski definition) is 0. The van der Waals surface area contributed by atoms with E-state index >= 15 is 0 Å². The molecule has 4 rings (SSSR count). The monoisotopic (exact) mass is 1050 g/mol. The van der Waals surface area contributed by atoms with E-state index in [2.05, 4.69) is 30.9 Å². The van der Waals surface area contributed by atoms with Crippen LogP contribution in [0.25, 0.3) is 10.8 Å². The molecule has 0 radical (unpaired) electrons. The number of hydrogen-bond acceptors (Lipinski definition) is 14. The summed E-state index contributed by atoms with van der Waals surface area (Å²) in [7, 11) is 1.36. The van der Waals surface area contributed by atoms with Gasteiger partial charge < -0.3 is 37.9 Å². The predicted octanol–water partition coefficient (Wildman–Crippen LogP) is 13.7. The molecule has 14 heteroatoms. The van der Waals surface area contributed by atoms with Crippen molar-refractivity contribution in [3.63, 3.8) is 0 Å². The molecule has 0 unspecified atom stereocenters. The van der Waals surface area contributed by atoms with Gasteiger partial charge in [0.15, 0.2) is 0 Å². The zero-order valence-electron chi connectivity index (χ0n) is 45.6. The van der Waals surface area contributed by atoms with Crippen molar-refractivity contribution < 1.29 is 66.7 Å². The van der Waals surface area contributed by atoms with Crippen LogP contribution in [0.5, 0.6) is 17.2 Å². The highest BCUT2D eigenvalue weighted by Gasteiger charge is 2.11. The van der Waals surface area contributed by atoms with Crippen molar-refractivity contribution in [3.05, 3.63) is 126 Å². The molecule has 0 bridgehead atoms. The second kappa shape index (κ2) is 38.6. The number of unbranched alkanes of at least 4 members (excludes halogenated alkanes) is 14. The number of aryl methyl sites for hydroxylation is 1. The van der Waals surface area contributed by atoms with Gasteiger partial charge in [-0.2, -0.15) is 0 Å². The molecule has 0 aliphatic rings. The SMILES string of the molecule is C=C(C)C(=O)OCCCCCC(=O)OCCCCCCCCOc1ccc(C(=O)OC)cc1.C=C(C)C(=O)OCCCCCC(=O)OCCCCCCCCOc1ccc(C(=O)Oc2ccc3cc(C)ccc3c2)cc1. The topological polar surface area (TPSA) is 176 Å². The molecular weight excluding hydrogens is 969 g/mol. The summed E-state index contributed by atoms with van der Waals surface area (Å²) in [4.78, 5) is 70.0. The molecule has 0 saturated heterocycles. The van der Waals surface area contributed by atoms with Gasteiger partial charge in [-0.25, -0.2) is 19.2 Å². The summed E-state index contributed by atoms with van der Waals surface area (Å²) in [5, 5.41) is 2.14. The van der Waals surface area contributed by atoms with Crippen LogP contribution in [-0.2, 0) is 42.9 Å². The van der Waals surface area contributed by atoms with Crippen molar-refractivity contribution in [1.82, 2.24) is 0 Å². The summed E-state index contributed by atoms with van der Waals surface area (Å²) in [5.41, 5.74) is 2.96. The van der Waals surface area contributed by atoms with Crippen LogP contribution < -0.4 is 14.2 Å². The number of ether oxygens (including phenoxy) is 8. The highest BCUT2D eigenvalue weighted by Crippen LogP contribution is 2.24. The summed E-state index contributed by atoms with van der Waals surface area (Å²) in [6, 6.07) is 25.8. The van der Waals surface area contributed by atoms with E-state index < -0.39 is 5.97 Å². The predicted molar refractivity (Wildman–Crippen MR) is 295 cm³/mol. The van der Waals surface area contributed by atoms with Crippen LogP contribution in [0.3, 0.4) is 0 Å². The molecule has 0 fully saturated rings. The van der Waals surface area contributed by atoms with E-state index in [9.17, 15) is 28.8 Å². The van der Waals surface area contributed by atoms with E-state index in [0.29, 0.717) is 80.5 Å². The molecular formula is C62H82O14. The molecule has 4 aromatic carbocycles. The molecule has 0 aliphatic heterocycles. The van der Waals surface area contributed by atoms with Gasteiger partial charge >= 0.3 is 35.8 Å². The van der Waals surface area contributed by atoms with Gasteiger partial charge in [0, 0.05) is 24.0 Å². The van der Waals surface area contributed by atoms with E-state index in [1.807, 2.05) is 30.3 Å². The number of rotatable bonds is 37. The summed E-state index contributed by atoms with van der Waals surface area (Å²) >= 11 is 0. The standard InChI is InChI=1S/C36H44O7.C26H38O7/c1-27(2)35(38)42-24-12-8-9-13-34(37)41-23-11-7-5-4-6-10-22-40-32-19-16-29(17-20-32)36(39)43-33-21-18-30-25-28(3)14-15-31(30)26-33;1-21(2)25(28)33-20-12-8-9-13-24(27)32-19-11-7-5-4-6-10-18-31-23-16-14-22(15-17-23)26(29)30-3/h14-21,25-26H,1,4-13,22-24H2,2-3H3;14-17H,1,4-13,18-20H2,2-3H3. The lowest BCUT2D eigenvalue weighted by Gasteiger charge is -2.09. The molecule has 14 nitrogen and oxygen atoms in total. The van der Waals surface area contributed by atoms with Crippen LogP contribution in [-0.4, -0.2) is 82.6 Å². The third kappa shape index (κ3) is 28.6. The van der Waals surface area contributed by atoms with Crippen molar-refractivity contribution in [2.45, 2.75) is 149 Å². The fourth-order valence-corrected chi connectivity index (χ4v) is 7.46. The maximum absolute atomic E-state index is 12.6. The highest BCUT2D eigenvalue weighted by molar-refractivity contribution is 5.92. The van der Waals surface area contributed by atoms with Gasteiger partial charge in [0.05, 0.1) is 57.9 Å². The fraction of sp³-hybridized carbons (Fsp3) is 0.484. The first-order valence-corrected chi connectivity index (χ1v) is 27.0. The minimum atomic E-state index is -0.400. The molecule has 0 saturated carbocycles. The van der Waals surface area contributed by atoms with Crippen LogP contribution in [0.4, 0.5) is 0 Å². The Labute approximate surface area is 450 Å². The van der Waals surface area contributed by atoms with Crippen molar-refractivity contribution >= 4 is 46.6 Å². The molecule has 0 N–H and O–H groups in total. The van der Waals surface area contributed by atoms with Gasteiger partial charge in [0.25, 0.3) is 0 Å². The Kier molecular flexibility index (Phi) is 32.1. The smallest absolute Gasteiger partial charge is 0.343 e. The molecule has 414 valence electrons. The highest BCUT2D eigenvalue weighted by atomic mass is 16.6. The van der Waals surface area contributed by atoms with E-state index in [1.54, 1.807) is 62.4 Å². The molecule has 0 amide bonds. The Bertz CT molecular complexity index is 2390. The number of carbonyl (C=O) groups is 6. The molecule has 0 atom stereocenters. The zero-order chi connectivity index (χ0) is 55.2. The largest absolute Gasteiger partial charge is 0.494 e. The lowest BCUT2D eigenvalue weighted by atomic mass is 10.1. The number of methoxy groups -OCH3 is 1. The van der Waals surface area contributed by atoms with E-state index in [0.717, 1.165) is 138 Å². The minimum Gasteiger partial charge on any atom is -0.494 e.